The lowest BCUT2D eigenvalue weighted by molar-refractivity contribution is -0.870. The fourth-order valence-electron chi connectivity index (χ4n) is 11.4. The SMILES string of the molecule is [CH2-][NH+]1CC=C(C)CC1.[CH2-][NH+]1CCC2(CC1)C(=O)NCN2c1ccccc1.[CH2-][NH+]1CCC2(CC1)OCCO2.[CH2-][NH+]1CCCCC1.[CH2-][NH+]1CCOCC1.[CH2-][NH+]1CCc2c([nH]c3ccccc23)C1.[CH2-][NH+]1CCc2ccccc2C1. The lowest BCUT2D eigenvalue weighted by atomic mass is 9.86. The van der Waals surface area contributed by atoms with E-state index in [1.54, 1.807) is 0 Å². The molecule has 14 heteroatoms. The number of aromatic nitrogens is 1. The first-order valence-corrected chi connectivity index (χ1v) is 28.8. The summed E-state index contributed by atoms with van der Waals surface area (Å²) in [6, 6.07) is 27.4. The number of carbonyl (C=O) groups is 1. The highest BCUT2D eigenvalue weighted by atomic mass is 16.7. The number of hydrogen-bond acceptors (Lipinski definition) is 5. The molecule has 4 aromatic rings. The van der Waals surface area contributed by atoms with Crippen LogP contribution < -0.4 is 44.5 Å². The summed E-state index contributed by atoms with van der Waals surface area (Å²) < 4.78 is 16.2. The van der Waals surface area contributed by atoms with Crippen molar-refractivity contribution in [3.63, 3.8) is 0 Å². The highest BCUT2D eigenvalue weighted by Crippen LogP contribution is 2.34. The Hall–Kier alpha value is -4.19. The smallest absolute Gasteiger partial charge is 0.247 e. The van der Waals surface area contributed by atoms with Gasteiger partial charge in [0.1, 0.15) is 5.54 Å². The van der Waals surface area contributed by atoms with Crippen molar-refractivity contribution in [1.29, 1.82) is 0 Å². The number of likely N-dealkylation sites (tertiary alicyclic amines) is 3. The number of piperidine rings is 3. The van der Waals surface area contributed by atoms with Crippen LogP contribution in [0.25, 0.3) is 10.9 Å². The minimum Gasteiger partial charge on any atom is -0.468 e. The van der Waals surface area contributed by atoms with Crippen LogP contribution in [0.2, 0.25) is 0 Å². The van der Waals surface area contributed by atoms with Crippen LogP contribution in [0.5, 0.6) is 0 Å². The van der Waals surface area contributed by atoms with Crippen molar-refractivity contribution in [2.45, 2.75) is 95.5 Å². The summed E-state index contributed by atoms with van der Waals surface area (Å²) in [6.07, 6.45) is 13.8. The van der Waals surface area contributed by atoms with Gasteiger partial charge in [-0.2, -0.15) is 49.3 Å². The third kappa shape index (κ3) is 17.9. The molecule has 2 spiro atoms. The average molecular weight is 1050 g/mol. The number of para-hydroxylation sites is 2. The second kappa shape index (κ2) is 30.2. The molecule has 1 amide bonds. The van der Waals surface area contributed by atoms with Crippen LogP contribution in [-0.4, -0.2) is 134 Å². The number of anilines is 1. The number of H-pyrrole nitrogens is 1. The van der Waals surface area contributed by atoms with Gasteiger partial charge in [-0.3, -0.25) is 4.79 Å². The number of nitrogens with one attached hydrogen (secondary N) is 9. The topological polar surface area (TPSA) is 107 Å². The summed E-state index contributed by atoms with van der Waals surface area (Å²) in [5, 5.41) is 4.40. The third-order valence-electron chi connectivity index (χ3n) is 16.5. The summed E-state index contributed by atoms with van der Waals surface area (Å²) in [5.41, 5.74) is 9.45. The zero-order valence-corrected chi connectivity index (χ0v) is 46.6. The summed E-state index contributed by atoms with van der Waals surface area (Å²) in [7, 11) is 27.7. The molecule has 6 fully saturated rings. The van der Waals surface area contributed by atoms with Gasteiger partial charge in [0.25, 0.3) is 0 Å². The van der Waals surface area contributed by atoms with Crippen LogP contribution in [0.3, 0.4) is 0 Å². The van der Waals surface area contributed by atoms with Gasteiger partial charge in [-0.05, 0) is 61.6 Å². The molecule has 0 radical (unpaired) electrons. The molecule has 3 unspecified atom stereocenters. The largest absolute Gasteiger partial charge is 0.468 e. The van der Waals surface area contributed by atoms with Crippen molar-refractivity contribution in [3.8, 4) is 0 Å². The number of amides is 1. The van der Waals surface area contributed by atoms with Crippen LogP contribution in [0.4, 0.5) is 5.69 Å². The van der Waals surface area contributed by atoms with Gasteiger partial charge in [0, 0.05) is 67.1 Å². The molecule has 6 saturated heterocycles. The Bertz CT molecular complexity index is 2310. The van der Waals surface area contributed by atoms with Crippen molar-refractivity contribution < 1.29 is 53.3 Å². The van der Waals surface area contributed by atoms with E-state index in [2.05, 4.69) is 138 Å². The minimum atomic E-state index is -0.345. The van der Waals surface area contributed by atoms with Crippen LogP contribution >= 0.6 is 0 Å². The van der Waals surface area contributed by atoms with E-state index in [0.717, 1.165) is 130 Å². The normalized spacial score (nSPS) is 25.8. The van der Waals surface area contributed by atoms with E-state index < -0.39 is 0 Å². The molecule has 9 aliphatic heterocycles. The molecule has 420 valence electrons. The molecule has 13 rings (SSSR count). The van der Waals surface area contributed by atoms with E-state index in [-0.39, 0.29) is 17.2 Å². The van der Waals surface area contributed by atoms with Crippen LogP contribution in [-0.2, 0) is 44.9 Å². The van der Waals surface area contributed by atoms with Gasteiger partial charge in [0.05, 0.1) is 130 Å². The monoisotopic (exact) mass is 1050 g/mol. The summed E-state index contributed by atoms with van der Waals surface area (Å²) >= 11 is 0. The zero-order chi connectivity index (χ0) is 53.8. The summed E-state index contributed by atoms with van der Waals surface area (Å²) in [5.74, 6) is -0.0277. The van der Waals surface area contributed by atoms with Crippen molar-refractivity contribution >= 4 is 22.5 Å². The molecule has 0 bridgehead atoms. The van der Waals surface area contributed by atoms with Crippen molar-refractivity contribution in [3.05, 3.63) is 162 Å². The first kappa shape index (κ1) is 59.5. The predicted molar refractivity (Wildman–Crippen MR) is 303 cm³/mol. The van der Waals surface area contributed by atoms with E-state index in [9.17, 15) is 4.79 Å². The number of nitrogens with zero attached hydrogens (tertiary/aromatic N) is 1. The maximum absolute atomic E-state index is 12.3. The number of benzene rings is 3. The van der Waals surface area contributed by atoms with E-state index in [0.29, 0.717) is 6.67 Å². The van der Waals surface area contributed by atoms with Crippen molar-refractivity contribution in [1.82, 2.24) is 10.3 Å². The molecule has 9 N–H and O–H groups in total. The highest BCUT2D eigenvalue weighted by molar-refractivity contribution is 5.93. The second-order valence-electron chi connectivity index (χ2n) is 22.5. The number of hydrogen-bond donors (Lipinski definition) is 9. The van der Waals surface area contributed by atoms with E-state index >= 15 is 0 Å². The first-order chi connectivity index (χ1) is 36.8. The maximum atomic E-state index is 12.3. The van der Waals surface area contributed by atoms with Gasteiger partial charge in [-0.25, -0.2) is 0 Å². The molecule has 3 aromatic carbocycles. The van der Waals surface area contributed by atoms with Crippen LogP contribution in [0.15, 0.2) is 90.5 Å². The number of fused-ring (bicyclic) bond motifs is 4. The Morgan fingerprint density at radius 1 is 0.539 bits per heavy atom. The van der Waals surface area contributed by atoms with E-state index in [4.69, 9.17) is 14.2 Å². The van der Waals surface area contributed by atoms with Gasteiger partial charge in [0.15, 0.2) is 5.79 Å². The number of rotatable bonds is 1. The standard InChI is InChI=1S/C14H19N3O.C12H14N2.C10H13N.C8H15NO2.C7H13N.C6H13N.C5H11NO/c1-16-9-7-14(8-10-16)13(18)15-11-17(14)12-5-3-2-4-6-12;1-14-7-6-10-9-4-2-3-5-11(9)13-12(10)8-14;1-11-7-6-9-4-2-3-5-10(9)8-11;1-9-4-2-8(3-5-9)10-6-7-11-8;1-7-3-5-8(2)6-4-7;1-7-5-3-2-4-6-7;1-6-2-4-7-5-3-6/h2-6,16H,1,7-11H2,(H,15,18);2-5,13-14H,1,6-8H2;2-5,11H,1,6-8H2;9H,1-7H2;3,8H,2,4-6H2,1H3;7H,1-6H2;6H,1-5H2. The molecule has 0 aliphatic carbocycles. The maximum Gasteiger partial charge on any atom is 0.247 e. The Morgan fingerprint density at radius 3 is 1.71 bits per heavy atom. The van der Waals surface area contributed by atoms with Crippen LogP contribution in [0, 0.1) is 49.3 Å². The van der Waals surface area contributed by atoms with E-state index in [1.165, 1.54) is 131 Å². The minimum absolute atomic E-state index is 0.179. The molecular weight excluding hydrogens is 949 g/mol. The Kier molecular flexibility index (Phi) is 23.7. The van der Waals surface area contributed by atoms with E-state index in [1.807, 2.05) is 18.2 Å². The molecule has 3 atom stereocenters. The summed E-state index contributed by atoms with van der Waals surface area (Å²) in [4.78, 5) is 27.5. The number of quaternary nitrogens is 7. The second-order valence-corrected chi connectivity index (χ2v) is 22.5. The molecular formula is C62H98N10O4. The molecule has 76 heavy (non-hydrogen) atoms. The predicted octanol–water partition coefficient (Wildman–Crippen LogP) is -1.14. The molecule has 1 aromatic heterocycles. The lowest BCUT2D eigenvalue weighted by Gasteiger charge is -2.42. The first-order valence-electron chi connectivity index (χ1n) is 28.8. The quantitative estimate of drug-likeness (QED) is 0.0888. The number of carbonyl (C=O) groups excluding carboxylic acids is 1. The Labute approximate surface area is 458 Å². The van der Waals surface area contributed by atoms with Gasteiger partial charge < -0.3 is 63.7 Å². The van der Waals surface area contributed by atoms with Gasteiger partial charge in [0.2, 0.25) is 5.91 Å². The Balaban J connectivity index is 0.000000132. The number of aromatic amines is 1. The number of ether oxygens (including phenoxy) is 3. The molecule has 0 saturated carbocycles. The molecule has 10 heterocycles. The molecule has 14 nitrogen and oxygen atoms in total. The summed E-state index contributed by atoms with van der Waals surface area (Å²) in [6.45, 7) is 21.7. The fraction of sp³-hybridized carbons (Fsp3) is 0.516. The van der Waals surface area contributed by atoms with Gasteiger partial charge >= 0.3 is 0 Å². The zero-order valence-electron chi connectivity index (χ0n) is 46.6. The van der Waals surface area contributed by atoms with Gasteiger partial charge in [-0.1, -0.05) is 66.2 Å². The van der Waals surface area contributed by atoms with Gasteiger partial charge in [-0.15, -0.1) is 0 Å². The number of morpholine rings is 1. The highest BCUT2D eigenvalue weighted by Gasteiger charge is 2.50. The average Bonchev–Trinajstić information content (AvgIpc) is 4.18. The van der Waals surface area contributed by atoms with Crippen molar-refractivity contribution in [2.75, 3.05) is 117 Å². The van der Waals surface area contributed by atoms with Crippen molar-refractivity contribution in [2.24, 2.45) is 0 Å². The third-order valence-corrected chi connectivity index (χ3v) is 16.5. The fourth-order valence-corrected chi connectivity index (χ4v) is 11.4. The van der Waals surface area contributed by atoms with Crippen LogP contribution in [0.1, 0.15) is 80.7 Å². The lowest BCUT2D eigenvalue weighted by Crippen LogP contribution is -3.09. The Morgan fingerprint density at radius 2 is 1.11 bits per heavy atom. The molecule has 9 aliphatic rings.